The van der Waals surface area contributed by atoms with Crippen LogP contribution in [0.25, 0.3) is 0 Å². The van der Waals surface area contributed by atoms with Gasteiger partial charge in [0.1, 0.15) is 0 Å². The van der Waals surface area contributed by atoms with Crippen LogP contribution in [-0.2, 0) is 11.6 Å². The average Bonchev–Trinajstić information content (AvgIpc) is 2.13. The lowest BCUT2D eigenvalue weighted by Crippen LogP contribution is -2.19. The Hall–Kier alpha value is -0.410. The summed E-state index contributed by atoms with van der Waals surface area (Å²) in [6.07, 6.45) is -2.72. The molecule has 0 aliphatic carbocycles. The van der Waals surface area contributed by atoms with Crippen LogP contribution in [0.5, 0.6) is 0 Å². The Morgan fingerprint density at radius 3 is 1.83 bits per heavy atom. The van der Waals surface area contributed by atoms with E-state index in [0.717, 1.165) is 25.0 Å². The van der Waals surface area contributed by atoms with Crippen molar-refractivity contribution >= 4 is 23.2 Å². The molecular formula is C13H15Cl2F3. The van der Waals surface area contributed by atoms with Crippen molar-refractivity contribution in [2.24, 2.45) is 0 Å². The van der Waals surface area contributed by atoms with Gasteiger partial charge in [-0.1, -0.05) is 50.4 Å². The molecule has 0 spiro atoms. The maximum atomic E-state index is 12.6. The van der Waals surface area contributed by atoms with Gasteiger partial charge in [0.2, 0.25) is 0 Å². The van der Waals surface area contributed by atoms with Crippen molar-refractivity contribution in [3.05, 3.63) is 33.3 Å². The Bertz CT molecular complexity index is 413. The maximum absolute atomic E-state index is 12.6. The molecule has 0 radical (unpaired) electrons. The van der Waals surface area contributed by atoms with Crippen LogP contribution in [0, 0.1) is 0 Å². The van der Waals surface area contributed by atoms with E-state index in [-0.39, 0.29) is 15.5 Å². The summed E-state index contributed by atoms with van der Waals surface area (Å²) in [4.78, 5) is 0. The molecule has 1 aromatic rings. The lowest BCUT2D eigenvalue weighted by molar-refractivity contribution is -0.137. The van der Waals surface area contributed by atoms with E-state index in [1.807, 2.05) is 20.8 Å². The molecule has 0 amide bonds. The average molecular weight is 299 g/mol. The number of hydrogen-bond donors (Lipinski definition) is 0. The first-order valence-electron chi connectivity index (χ1n) is 5.66. The van der Waals surface area contributed by atoms with Crippen molar-refractivity contribution in [3.63, 3.8) is 0 Å². The summed E-state index contributed by atoms with van der Waals surface area (Å²) in [6.45, 7) is 5.86. The largest absolute Gasteiger partial charge is 0.416 e. The van der Waals surface area contributed by atoms with E-state index >= 15 is 0 Å². The lowest BCUT2D eigenvalue weighted by Gasteiger charge is -2.27. The predicted molar refractivity (Wildman–Crippen MR) is 69.4 cm³/mol. The number of benzene rings is 1. The summed E-state index contributed by atoms with van der Waals surface area (Å²) in [5.41, 5.74) is -0.568. The van der Waals surface area contributed by atoms with Gasteiger partial charge < -0.3 is 0 Å². The Balaban J connectivity index is 3.33. The summed E-state index contributed by atoms with van der Waals surface area (Å²) in [6, 6.07) is 1.89. The van der Waals surface area contributed by atoms with Crippen LogP contribution >= 0.6 is 23.2 Å². The highest BCUT2D eigenvalue weighted by molar-refractivity contribution is 6.36. The molecule has 0 bridgehead atoms. The van der Waals surface area contributed by atoms with Crippen LogP contribution in [0.4, 0.5) is 13.2 Å². The first-order chi connectivity index (χ1) is 8.09. The normalized spacial score (nSPS) is 12.9. The molecule has 1 aromatic carbocycles. The minimum absolute atomic E-state index is 0.0771. The van der Waals surface area contributed by atoms with Crippen LogP contribution in [0.15, 0.2) is 12.1 Å². The smallest absolute Gasteiger partial charge is 0.166 e. The summed E-state index contributed by atoms with van der Waals surface area (Å²) in [5, 5.41) is 0.154. The third kappa shape index (κ3) is 3.33. The fraction of sp³-hybridized carbons (Fsp3) is 0.538. The first-order valence-corrected chi connectivity index (χ1v) is 6.42. The molecule has 5 heteroatoms. The molecule has 0 aromatic heterocycles. The Morgan fingerprint density at radius 1 is 1.06 bits per heavy atom. The third-order valence-electron chi connectivity index (χ3n) is 2.92. The van der Waals surface area contributed by atoms with Gasteiger partial charge in [-0.2, -0.15) is 13.2 Å². The van der Waals surface area contributed by atoms with E-state index in [1.165, 1.54) is 0 Å². The predicted octanol–water partition coefficient (Wildman–Crippen LogP) is 6.09. The Kier molecular flexibility index (Phi) is 4.60. The Morgan fingerprint density at radius 2 is 1.50 bits per heavy atom. The summed E-state index contributed by atoms with van der Waals surface area (Å²) in [5.74, 6) is 0. The SMILES string of the molecule is CCCC(C)(C)c1c(Cl)cc(C(F)(F)F)cc1Cl. The number of rotatable bonds is 3. The van der Waals surface area contributed by atoms with Crippen molar-refractivity contribution in [1.82, 2.24) is 0 Å². The second kappa shape index (κ2) is 5.30. The summed E-state index contributed by atoms with van der Waals surface area (Å²) < 4.78 is 37.8. The highest BCUT2D eigenvalue weighted by Crippen LogP contribution is 2.42. The Labute approximate surface area is 115 Å². The quantitative estimate of drug-likeness (QED) is 0.633. The van der Waals surface area contributed by atoms with Gasteiger partial charge in [-0.25, -0.2) is 0 Å². The van der Waals surface area contributed by atoms with Gasteiger partial charge in [-0.3, -0.25) is 0 Å². The molecule has 0 nitrogen and oxygen atoms in total. The van der Waals surface area contributed by atoms with Crippen molar-refractivity contribution < 1.29 is 13.2 Å². The van der Waals surface area contributed by atoms with Crippen LogP contribution in [0.2, 0.25) is 10.0 Å². The molecular weight excluding hydrogens is 284 g/mol. The molecule has 0 saturated carbocycles. The second-order valence-corrected chi connectivity index (χ2v) is 5.76. The topological polar surface area (TPSA) is 0 Å². The fourth-order valence-corrected chi connectivity index (χ4v) is 3.13. The molecule has 1 rings (SSSR count). The highest BCUT2D eigenvalue weighted by atomic mass is 35.5. The second-order valence-electron chi connectivity index (χ2n) is 4.95. The van der Waals surface area contributed by atoms with Gasteiger partial charge in [-0.05, 0) is 29.5 Å². The van der Waals surface area contributed by atoms with E-state index in [9.17, 15) is 13.2 Å². The molecule has 0 unspecified atom stereocenters. The molecule has 102 valence electrons. The van der Waals surface area contributed by atoms with E-state index in [0.29, 0.717) is 5.56 Å². The number of hydrogen-bond acceptors (Lipinski definition) is 0. The van der Waals surface area contributed by atoms with E-state index < -0.39 is 11.7 Å². The number of halogens is 5. The molecule has 0 saturated heterocycles. The van der Waals surface area contributed by atoms with Crippen LogP contribution in [0.1, 0.15) is 44.7 Å². The molecule has 0 heterocycles. The lowest BCUT2D eigenvalue weighted by atomic mass is 9.80. The van der Waals surface area contributed by atoms with Gasteiger partial charge in [0, 0.05) is 10.0 Å². The number of alkyl halides is 3. The van der Waals surface area contributed by atoms with Crippen LogP contribution < -0.4 is 0 Å². The van der Waals surface area contributed by atoms with Gasteiger partial charge in [0.05, 0.1) is 5.56 Å². The summed E-state index contributed by atoms with van der Waals surface area (Å²) >= 11 is 12.0. The first kappa shape index (κ1) is 15.6. The fourth-order valence-electron chi connectivity index (χ4n) is 2.13. The van der Waals surface area contributed by atoms with Crippen molar-refractivity contribution in [3.8, 4) is 0 Å². The van der Waals surface area contributed by atoms with E-state index in [2.05, 4.69) is 0 Å². The van der Waals surface area contributed by atoms with Crippen LogP contribution in [-0.4, -0.2) is 0 Å². The van der Waals surface area contributed by atoms with Crippen molar-refractivity contribution in [2.45, 2.75) is 45.2 Å². The van der Waals surface area contributed by atoms with E-state index in [4.69, 9.17) is 23.2 Å². The summed E-state index contributed by atoms with van der Waals surface area (Å²) in [7, 11) is 0. The molecule has 0 atom stereocenters. The highest BCUT2D eigenvalue weighted by Gasteiger charge is 2.34. The van der Waals surface area contributed by atoms with Gasteiger partial charge in [0.15, 0.2) is 0 Å². The zero-order chi connectivity index (χ0) is 14.1. The minimum atomic E-state index is -4.43. The molecule has 0 aliphatic heterocycles. The minimum Gasteiger partial charge on any atom is -0.166 e. The van der Waals surface area contributed by atoms with Crippen molar-refractivity contribution in [2.75, 3.05) is 0 Å². The van der Waals surface area contributed by atoms with Gasteiger partial charge >= 0.3 is 6.18 Å². The van der Waals surface area contributed by atoms with E-state index in [1.54, 1.807) is 0 Å². The monoisotopic (exact) mass is 298 g/mol. The molecule has 0 N–H and O–H groups in total. The van der Waals surface area contributed by atoms with Crippen LogP contribution in [0.3, 0.4) is 0 Å². The third-order valence-corrected chi connectivity index (χ3v) is 3.52. The van der Waals surface area contributed by atoms with Crippen molar-refractivity contribution in [1.29, 1.82) is 0 Å². The molecule has 0 fully saturated rings. The zero-order valence-electron chi connectivity index (χ0n) is 10.5. The standard InChI is InChI=1S/C13H15Cl2F3/c1-4-5-12(2,3)11-9(14)6-8(7-10(11)15)13(16,17)18/h6-7H,4-5H2,1-3H3. The maximum Gasteiger partial charge on any atom is 0.416 e. The molecule has 18 heavy (non-hydrogen) atoms. The molecule has 0 aliphatic rings. The van der Waals surface area contributed by atoms with Gasteiger partial charge in [-0.15, -0.1) is 0 Å². The van der Waals surface area contributed by atoms with Gasteiger partial charge in [0.25, 0.3) is 0 Å². The zero-order valence-corrected chi connectivity index (χ0v) is 12.0.